The smallest absolute Gasteiger partial charge is 0.410 e. The van der Waals surface area contributed by atoms with E-state index >= 15 is 0 Å². The fourth-order valence-corrected chi connectivity index (χ4v) is 3.02. The van der Waals surface area contributed by atoms with Crippen LogP contribution in [0, 0.1) is 6.92 Å². The monoisotopic (exact) mass is 342 g/mol. The molecule has 1 N–H and O–H groups in total. The topological polar surface area (TPSA) is 61.5 Å². The molecule has 6 heteroatoms. The second-order valence-electron chi connectivity index (χ2n) is 7.37. The number of ether oxygens (including phenoxy) is 1. The van der Waals surface area contributed by atoms with E-state index in [-0.39, 0.29) is 6.09 Å². The number of H-pyrrole nitrogens is 1. The summed E-state index contributed by atoms with van der Waals surface area (Å²) in [6.07, 6.45) is -0.242. The van der Waals surface area contributed by atoms with Gasteiger partial charge in [-0.1, -0.05) is 30.3 Å². The second-order valence-corrected chi connectivity index (χ2v) is 7.37. The number of aryl methyl sites for hydroxylation is 1. The van der Waals surface area contributed by atoms with E-state index in [0.29, 0.717) is 13.1 Å². The van der Waals surface area contributed by atoms with Gasteiger partial charge in [-0.05, 0) is 33.3 Å². The minimum atomic E-state index is -0.464. The SMILES string of the molecule is Cc1[nH]nc(N2CCN(C(=O)OC(C)(C)C)CC2)c1-c1ccccc1. The zero-order valence-electron chi connectivity index (χ0n) is 15.4. The molecular formula is C19H26N4O2. The normalized spacial score (nSPS) is 15.4. The second kappa shape index (κ2) is 6.78. The van der Waals surface area contributed by atoms with Crippen molar-refractivity contribution in [2.24, 2.45) is 0 Å². The number of hydrogen-bond donors (Lipinski definition) is 1. The Kier molecular flexibility index (Phi) is 4.70. The number of amides is 1. The molecule has 1 aromatic heterocycles. The molecule has 1 saturated heterocycles. The van der Waals surface area contributed by atoms with Gasteiger partial charge in [0, 0.05) is 37.4 Å². The van der Waals surface area contributed by atoms with E-state index in [1.165, 1.54) is 0 Å². The Bertz CT molecular complexity index is 726. The molecule has 2 aromatic rings. The van der Waals surface area contributed by atoms with Crippen LogP contribution in [0.2, 0.25) is 0 Å². The molecule has 1 aromatic carbocycles. The number of carbonyl (C=O) groups excluding carboxylic acids is 1. The summed E-state index contributed by atoms with van der Waals surface area (Å²) < 4.78 is 5.46. The predicted molar refractivity (Wildman–Crippen MR) is 98.8 cm³/mol. The van der Waals surface area contributed by atoms with Gasteiger partial charge < -0.3 is 14.5 Å². The summed E-state index contributed by atoms with van der Waals surface area (Å²) in [7, 11) is 0. The third-order valence-corrected chi connectivity index (χ3v) is 4.22. The maximum atomic E-state index is 12.2. The number of benzene rings is 1. The van der Waals surface area contributed by atoms with Gasteiger partial charge in [0.15, 0.2) is 5.82 Å². The molecule has 0 spiro atoms. The molecule has 2 heterocycles. The van der Waals surface area contributed by atoms with Gasteiger partial charge in [0.1, 0.15) is 5.60 Å². The van der Waals surface area contributed by atoms with Crippen molar-refractivity contribution in [3.8, 4) is 11.1 Å². The predicted octanol–water partition coefficient (Wildman–Crippen LogP) is 3.44. The van der Waals surface area contributed by atoms with Crippen molar-refractivity contribution in [2.45, 2.75) is 33.3 Å². The maximum Gasteiger partial charge on any atom is 0.410 e. The lowest BCUT2D eigenvalue weighted by atomic mass is 10.1. The first-order valence-corrected chi connectivity index (χ1v) is 8.68. The van der Waals surface area contributed by atoms with Gasteiger partial charge in [-0.15, -0.1) is 0 Å². The fourth-order valence-electron chi connectivity index (χ4n) is 3.02. The molecule has 0 bridgehead atoms. The third kappa shape index (κ3) is 3.95. The molecule has 3 rings (SSSR count). The van der Waals surface area contributed by atoms with E-state index in [4.69, 9.17) is 4.74 Å². The van der Waals surface area contributed by atoms with Crippen molar-refractivity contribution >= 4 is 11.9 Å². The summed E-state index contributed by atoms with van der Waals surface area (Å²) in [4.78, 5) is 16.2. The quantitative estimate of drug-likeness (QED) is 0.908. The Balaban J connectivity index is 1.71. The summed E-state index contributed by atoms with van der Waals surface area (Å²) >= 11 is 0. The molecule has 0 radical (unpaired) electrons. The summed E-state index contributed by atoms with van der Waals surface area (Å²) in [5.41, 5.74) is 2.87. The van der Waals surface area contributed by atoms with Crippen LogP contribution >= 0.6 is 0 Å². The van der Waals surface area contributed by atoms with E-state index in [9.17, 15) is 4.79 Å². The van der Waals surface area contributed by atoms with Gasteiger partial charge in [0.2, 0.25) is 0 Å². The maximum absolute atomic E-state index is 12.2. The molecule has 1 aliphatic rings. The largest absolute Gasteiger partial charge is 0.444 e. The van der Waals surface area contributed by atoms with Crippen molar-refractivity contribution in [1.82, 2.24) is 15.1 Å². The Morgan fingerprint density at radius 2 is 1.76 bits per heavy atom. The third-order valence-electron chi connectivity index (χ3n) is 4.22. The van der Waals surface area contributed by atoms with E-state index in [0.717, 1.165) is 35.7 Å². The molecule has 1 aliphatic heterocycles. The molecule has 0 atom stereocenters. The van der Waals surface area contributed by atoms with E-state index in [1.807, 2.05) is 45.9 Å². The van der Waals surface area contributed by atoms with Crippen LogP contribution in [-0.4, -0.2) is 53.0 Å². The lowest BCUT2D eigenvalue weighted by molar-refractivity contribution is 0.0240. The summed E-state index contributed by atoms with van der Waals surface area (Å²) in [6.45, 7) is 10.5. The lowest BCUT2D eigenvalue weighted by Crippen LogP contribution is -2.50. The Morgan fingerprint density at radius 3 is 2.36 bits per heavy atom. The first-order chi connectivity index (χ1) is 11.8. The molecule has 0 saturated carbocycles. The molecule has 25 heavy (non-hydrogen) atoms. The Hall–Kier alpha value is -2.50. The molecule has 6 nitrogen and oxygen atoms in total. The van der Waals surface area contributed by atoms with Gasteiger partial charge in [-0.25, -0.2) is 4.79 Å². The van der Waals surface area contributed by atoms with Crippen LogP contribution in [0.3, 0.4) is 0 Å². The number of anilines is 1. The van der Waals surface area contributed by atoms with E-state index in [2.05, 4.69) is 27.2 Å². The molecule has 134 valence electrons. The highest BCUT2D eigenvalue weighted by atomic mass is 16.6. The highest BCUT2D eigenvalue weighted by molar-refractivity contribution is 5.78. The first kappa shape index (κ1) is 17.3. The number of piperazine rings is 1. The molecule has 1 amide bonds. The lowest BCUT2D eigenvalue weighted by Gasteiger charge is -2.36. The minimum Gasteiger partial charge on any atom is -0.444 e. The summed E-state index contributed by atoms with van der Waals surface area (Å²) in [5.74, 6) is 0.951. The molecule has 0 unspecified atom stereocenters. The van der Waals surface area contributed by atoms with Crippen molar-refractivity contribution in [3.63, 3.8) is 0 Å². The van der Waals surface area contributed by atoms with Gasteiger partial charge in [0.25, 0.3) is 0 Å². The number of aromatic nitrogens is 2. The summed E-state index contributed by atoms with van der Waals surface area (Å²) in [5, 5.41) is 7.61. The van der Waals surface area contributed by atoms with Gasteiger partial charge in [-0.3, -0.25) is 5.10 Å². The standard InChI is InChI=1S/C19H26N4O2/c1-14-16(15-8-6-5-7-9-15)17(21-20-14)22-10-12-23(13-11-22)18(24)25-19(2,3)4/h5-9H,10-13H2,1-4H3,(H,20,21). The number of aromatic amines is 1. The highest BCUT2D eigenvalue weighted by Crippen LogP contribution is 2.32. The molecular weight excluding hydrogens is 316 g/mol. The van der Waals surface area contributed by atoms with E-state index in [1.54, 1.807) is 4.90 Å². The summed E-state index contributed by atoms with van der Waals surface area (Å²) in [6, 6.07) is 10.3. The fraction of sp³-hybridized carbons (Fsp3) is 0.474. The van der Waals surface area contributed by atoms with Crippen molar-refractivity contribution in [2.75, 3.05) is 31.1 Å². The highest BCUT2D eigenvalue weighted by Gasteiger charge is 2.28. The van der Waals surface area contributed by atoms with Crippen LogP contribution in [0.4, 0.5) is 10.6 Å². The van der Waals surface area contributed by atoms with Gasteiger partial charge >= 0.3 is 6.09 Å². The van der Waals surface area contributed by atoms with Crippen molar-refractivity contribution in [3.05, 3.63) is 36.0 Å². The molecule has 1 fully saturated rings. The van der Waals surface area contributed by atoms with Gasteiger partial charge in [0.05, 0.1) is 0 Å². The van der Waals surface area contributed by atoms with Crippen molar-refractivity contribution < 1.29 is 9.53 Å². The molecule has 0 aliphatic carbocycles. The number of rotatable bonds is 2. The number of hydrogen-bond acceptors (Lipinski definition) is 4. The zero-order valence-corrected chi connectivity index (χ0v) is 15.4. The first-order valence-electron chi connectivity index (χ1n) is 8.68. The number of nitrogens with one attached hydrogen (secondary N) is 1. The van der Waals surface area contributed by atoms with Crippen molar-refractivity contribution in [1.29, 1.82) is 0 Å². The average molecular weight is 342 g/mol. The van der Waals surface area contributed by atoms with Crippen LogP contribution in [-0.2, 0) is 4.74 Å². The van der Waals surface area contributed by atoms with Crippen LogP contribution < -0.4 is 4.90 Å². The average Bonchev–Trinajstić information content (AvgIpc) is 2.96. The van der Waals surface area contributed by atoms with Crippen LogP contribution in [0.15, 0.2) is 30.3 Å². The van der Waals surface area contributed by atoms with Gasteiger partial charge in [-0.2, -0.15) is 5.10 Å². The van der Waals surface area contributed by atoms with E-state index < -0.39 is 5.60 Å². The van der Waals surface area contributed by atoms with Crippen LogP contribution in [0.5, 0.6) is 0 Å². The number of nitrogens with zero attached hydrogens (tertiary/aromatic N) is 3. The minimum absolute atomic E-state index is 0.242. The number of carbonyl (C=O) groups is 1. The zero-order chi connectivity index (χ0) is 18.0. The van der Waals surface area contributed by atoms with Crippen LogP contribution in [0.25, 0.3) is 11.1 Å². The Labute approximate surface area is 148 Å². The Morgan fingerprint density at radius 1 is 1.12 bits per heavy atom. The van der Waals surface area contributed by atoms with Crippen LogP contribution in [0.1, 0.15) is 26.5 Å².